The lowest BCUT2D eigenvalue weighted by molar-refractivity contribution is 0.0736. The molecular weight excluding hydrogens is 370 g/mol. The van der Waals surface area contributed by atoms with E-state index >= 15 is 0 Å². The van der Waals surface area contributed by atoms with E-state index in [-0.39, 0.29) is 11.9 Å². The van der Waals surface area contributed by atoms with Crippen LogP contribution in [-0.4, -0.2) is 41.3 Å². The first-order valence-corrected chi connectivity index (χ1v) is 9.50. The number of nitrogens with zero attached hydrogens (tertiary/aromatic N) is 2. The van der Waals surface area contributed by atoms with Crippen LogP contribution in [-0.2, 0) is 6.61 Å². The number of para-hydroxylation sites is 1. The number of carbonyl (C=O) groups is 1. The fourth-order valence-corrected chi connectivity index (χ4v) is 3.12. The Labute approximate surface area is 169 Å². The van der Waals surface area contributed by atoms with Gasteiger partial charge in [0.25, 0.3) is 5.91 Å². The molecule has 0 spiro atoms. The molecule has 0 saturated heterocycles. The first-order valence-electron chi connectivity index (χ1n) is 9.50. The van der Waals surface area contributed by atoms with Crippen molar-refractivity contribution in [3.05, 3.63) is 71.5 Å². The number of fused-ring (bicyclic) bond motifs is 1. The standard InChI is InChI=1S/C22H23N3O4/c1-15(16-8-9-20-21(12-16)28-11-10-27-20)25(2)22(26)19-13-17(23-24-19)14-29-18-6-4-3-5-7-18/h3-9,12-13,15H,10-11,14H2,1-2H3,(H,23,24). The highest BCUT2D eigenvalue weighted by Gasteiger charge is 2.23. The summed E-state index contributed by atoms with van der Waals surface area (Å²) in [6, 6.07) is 16.8. The summed E-state index contributed by atoms with van der Waals surface area (Å²) in [5.74, 6) is 2.03. The van der Waals surface area contributed by atoms with Gasteiger partial charge in [-0.1, -0.05) is 24.3 Å². The van der Waals surface area contributed by atoms with Crippen molar-refractivity contribution in [2.45, 2.75) is 19.6 Å². The maximum Gasteiger partial charge on any atom is 0.274 e. The average molecular weight is 393 g/mol. The van der Waals surface area contributed by atoms with Crippen molar-refractivity contribution in [1.82, 2.24) is 15.1 Å². The number of amides is 1. The van der Waals surface area contributed by atoms with Gasteiger partial charge < -0.3 is 19.1 Å². The number of rotatable bonds is 6. The van der Waals surface area contributed by atoms with Crippen LogP contribution in [0.25, 0.3) is 0 Å². The van der Waals surface area contributed by atoms with Gasteiger partial charge in [-0.3, -0.25) is 9.89 Å². The van der Waals surface area contributed by atoms with Crippen molar-refractivity contribution in [1.29, 1.82) is 0 Å². The molecule has 0 bridgehead atoms. The molecule has 0 radical (unpaired) electrons. The Kier molecular flexibility index (Phi) is 5.37. The SMILES string of the molecule is CC(c1ccc2c(c1)OCCO2)N(C)C(=O)c1cc(COc2ccccc2)[nH]n1. The van der Waals surface area contributed by atoms with Crippen LogP contribution in [0.1, 0.15) is 34.7 Å². The third kappa shape index (κ3) is 4.18. The normalized spacial score (nSPS) is 13.6. The van der Waals surface area contributed by atoms with Crippen molar-refractivity contribution in [3.8, 4) is 17.2 Å². The lowest BCUT2D eigenvalue weighted by atomic mass is 10.1. The number of hydrogen-bond donors (Lipinski definition) is 1. The van der Waals surface area contributed by atoms with Gasteiger partial charge in [0.1, 0.15) is 25.6 Å². The maximum absolute atomic E-state index is 12.9. The van der Waals surface area contributed by atoms with E-state index in [1.165, 1.54) is 0 Å². The molecule has 3 aromatic rings. The lowest BCUT2D eigenvalue weighted by Crippen LogP contribution is -2.30. The van der Waals surface area contributed by atoms with E-state index in [1.807, 2.05) is 55.5 Å². The van der Waals surface area contributed by atoms with Gasteiger partial charge in [-0.15, -0.1) is 0 Å². The Morgan fingerprint density at radius 1 is 1.14 bits per heavy atom. The molecule has 1 N–H and O–H groups in total. The van der Waals surface area contributed by atoms with E-state index in [0.717, 1.165) is 22.8 Å². The first kappa shape index (κ1) is 18.9. The van der Waals surface area contributed by atoms with E-state index in [1.54, 1.807) is 18.0 Å². The van der Waals surface area contributed by atoms with Gasteiger partial charge in [0.05, 0.1) is 11.7 Å². The molecule has 1 amide bonds. The molecule has 4 rings (SSSR count). The summed E-state index contributed by atoms with van der Waals surface area (Å²) in [6.07, 6.45) is 0. The Hall–Kier alpha value is -3.48. The van der Waals surface area contributed by atoms with Crippen LogP contribution < -0.4 is 14.2 Å². The molecule has 1 aliphatic rings. The van der Waals surface area contributed by atoms with Gasteiger partial charge in [0.2, 0.25) is 0 Å². The fourth-order valence-electron chi connectivity index (χ4n) is 3.12. The molecule has 0 fully saturated rings. The zero-order chi connectivity index (χ0) is 20.2. The number of carbonyl (C=O) groups excluding carboxylic acids is 1. The Bertz CT molecular complexity index is 987. The molecule has 29 heavy (non-hydrogen) atoms. The lowest BCUT2D eigenvalue weighted by Gasteiger charge is -2.26. The molecule has 7 heteroatoms. The molecule has 0 saturated carbocycles. The predicted molar refractivity (Wildman–Crippen MR) is 107 cm³/mol. The van der Waals surface area contributed by atoms with Crippen LogP contribution >= 0.6 is 0 Å². The van der Waals surface area contributed by atoms with Crippen LogP contribution in [0.2, 0.25) is 0 Å². The number of hydrogen-bond acceptors (Lipinski definition) is 5. The summed E-state index contributed by atoms with van der Waals surface area (Å²) in [5, 5.41) is 7.03. The van der Waals surface area contributed by atoms with Crippen molar-refractivity contribution >= 4 is 5.91 Å². The molecule has 1 unspecified atom stereocenters. The first-order chi connectivity index (χ1) is 14.1. The average Bonchev–Trinajstić information content (AvgIpc) is 3.25. The van der Waals surface area contributed by atoms with Crippen LogP contribution in [0, 0.1) is 0 Å². The molecule has 2 aromatic carbocycles. The van der Waals surface area contributed by atoms with E-state index in [9.17, 15) is 4.79 Å². The summed E-state index contributed by atoms with van der Waals surface area (Å²) >= 11 is 0. The monoisotopic (exact) mass is 393 g/mol. The van der Waals surface area contributed by atoms with Gasteiger partial charge in [0, 0.05) is 7.05 Å². The molecule has 1 aromatic heterocycles. The summed E-state index contributed by atoms with van der Waals surface area (Å²) in [6.45, 7) is 3.36. The number of aromatic amines is 1. The Balaban J connectivity index is 1.41. The van der Waals surface area contributed by atoms with Crippen molar-refractivity contribution in [2.75, 3.05) is 20.3 Å². The van der Waals surface area contributed by atoms with E-state index in [2.05, 4.69) is 10.2 Å². The van der Waals surface area contributed by atoms with Crippen LogP contribution in [0.15, 0.2) is 54.6 Å². The minimum atomic E-state index is -0.172. The Morgan fingerprint density at radius 2 is 1.90 bits per heavy atom. The van der Waals surface area contributed by atoms with Crippen LogP contribution in [0.5, 0.6) is 17.2 Å². The molecule has 1 aliphatic heterocycles. The van der Waals surface area contributed by atoms with Gasteiger partial charge in [-0.25, -0.2) is 0 Å². The van der Waals surface area contributed by atoms with Gasteiger partial charge >= 0.3 is 0 Å². The maximum atomic E-state index is 12.9. The van der Waals surface area contributed by atoms with E-state index < -0.39 is 0 Å². The minimum absolute atomic E-state index is 0.154. The number of nitrogens with one attached hydrogen (secondary N) is 1. The molecule has 150 valence electrons. The van der Waals surface area contributed by atoms with Gasteiger partial charge in [-0.05, 0) is 42.8 Å². The Morgan fingerprint density at radius 3 is 2.69 bits per heavy atom. The number of benzene rings is 2. The zero-order valence-electron chi connectivity index (χ0n) is 16.4. The number of aromatic nitrogens is 2. The second kappa shape index (κ2) is 8.26. The van der Waals surface area contributed by atoms with Crippen LogP contribution in [0.3, 0.4) is 0 Å². The van der Waals surface area contributed by atoms with E-state index in [4.69, 9.17) is 14.2 Å². The third-order valence-corrected chi connectivity index (χ3v) is 4.94. The second-order valence-electron chi connectivity index (χ2n) is 6.88. The summed E-state index contributed by atoms with van der Waals surface area (Å²) in [4.78, 5) is 14.5. The minimum Gasteiger partial charge on any atom is -0.487 e. The quantitative estimate of drug-likeness (QED) is 0.693. The van der Waals surface area contributed by atoms with Gasteiger partial charge in [0.15, 0.2) is 17.2 Å². The van der Waals surface area contributed by atoms with Crippen molar-refractivity contribution in [3.63, 3.8) is 0 Å². The summed E-state index contributed by atoms with van der Waals surface area (Å²) < 4.78 is 16.9. The number of H-pyrrole nitrogens is 1. The predicted octanol–water partition coefficient (Wildman–Crippen LogP) is 3.59. The molecule has 1 atom stereocenters. The summed E-state index contributed by atoms with van der Waals surface area (Å²) in [7, 11) is 1.76. The van der Waals surface area contributed by atoms with E-state index in [0.29, 0.717) is 31.3 Å². The highest BCUT2D eigenvalue weighted by Crippen LogP contribution is 2.34. The summed E-state index contributed by atoms with van der Waals surface area (Å²) in [5.41, 5.74) is 2.05. The van der Waals surface area contributed by atoms with Crippen molar-refractivity contribution in [2.24, 2.45) is 0 Å². The van der Waals surface area contributed by atoms with Crippen LogP contribution in [0.4, 0.5) is 0 Å². The zero-order valence-corrected chi connectivity index (χ0v) is 16.4. The second-order valence-corrected chi connectivity index (χ2v) is 6.88. The largest absolute Gasteiger partial charge is 0.487 e. The highest BCUT2D eigenvalue weighted by atomic mass is 16.6. The highest BCUT2D eigenvalue weighted by molar-refractivity contribution is 5.92. The topological polar surface area (TPSA) is 76.7 Å². The molecular formula is C22H23N3O4. The third-order valence-electron chi connectivity index (χ3n) is 4.94. The molecule has 2 heterocycles. The smallest absolute Gasteiger partial charge is 0.274 e. The van der Waals surface area contributed by atoms with Crippen molar-refractivity contribution < 1.29 is 19.0 Å². The fraction of sp³-hybridized carbons (Fsp3) is 0.273. The van der Waals surface area contributed by atoms with Gasteiger partial charge in [-0.2, -0.15) is 5.10 Å². The molecule has 0 aliphatic carbocycles. The molecule has 7 nitrogen and oxygen atoms in total. The number of ether oxygens (including phenoxy) is 3.